The Balaban J connectivity index is 1.55. The van der Waals surface area contributed by atoms with Crippen LogP contribution < -0.4 is 15.5 Å². The number of aryl methyl sites for hydroxylation is 1. The van der Waals surface area contributed by atoms with Crippen molar-refractivity contribution in [1.29, 1.82) is 0 Å². The van der Waals surface area contributed by atoms with Gasteiger partial charge in [0.2, 0.25) is 5.91 Å². The average molecular weight is 352 g/mol. The van der Waals surface area contributed by atoms with Crippen LogP contribution in [0, 0.1) is 6.92 Å². The Bertz CT molecular complexity index is 781. The molecule has 2 N–H and O–H groups in total. The van der Waals surface area contributed by atoms with Gasteiger partial charge in [-0.05, 0) is 37.3 Å². The Morgan fingerprint density at radius 2 is 1.50 bits per heavy atom. The van der Waals surface area contributed by atoms with E-state index in [1.54, 1.807) is 18.2 Å². The Morgan fingerprint density at radius 1 is 0.885 bits per heavy atom. The van der Waals surface area contributed by atoms with E-state index in [9.17, 15) is 9.59 Å². The van der Waals surface area contributed by atoms with Crippen LogP contribution in [0.4, 0.5) is 21.9 Å². The first-order chi connectivity index (χ1) is 12.5. The quantitative estimate of drug-likeness (QED) is 0.891. The zero-order valence-corrected chi connectivity index (χ0v) is 15.2. The van der Waals surface area contributed by atoms with Crippen molar-refractivity contribution < 1.29 is 9.59 Å². The number of benzene rings is 2. The zero-order valence-electron chi connectivity index (χ0n) is 15.2. The molecule has 136 valence electrons. The number of anilines is 3. The number of nitrogens with zero attached hydrogens (tertiary/aromatic N) is 2. The zero-order chi connectivity index (χ0) is 18.5. The minimum absolute atomic E-state index is 0.117. The van der Waals surface area contributed by atoms with Crippen LogP contribution in [0.1, 0.15) is 12.5 Å². The molecule has 2 aromatic rings. The number of nitrogens with one attached hydrogen (secondary N) is 2. The van der Waals surface area contributed by atoms with E-state index in [2.05, 4.69) is 46.7 Å². The molecule has 3 rings (SSSR count). The summed E-state index contributed by atoms with van der Waals surface area (Å²) < 4.78 is 0. The molecule has 0 radical (unpaired) electrons. The second-order valence-corrected chi connectivity index (χ2v) is 6.50. The SMILES string of the molecule is CC(=O)Nc1cccc(NC(=O)N2CCN(c3ccc(C)cc3)CC2)c1. The minimum Gasteiger partial charge on any atom is -0.368 e. The molecule has 2 aromatic carbocycles. The first-order valence-electron chi connectivity index (χ1n) is 8.76. The number of carbonyl (C=O) groups excluding carboxylic acids is 2. The monoisotopic (exact) mass is 352 g/mol. The first-order valence-corrected chi connectivity index (χ1v) is 8.76. The van der Waals surface area contributed by atoms with E-state index >= 15 is 0 Å². The summed E-state index contributed by atoms with van der Waals surface area (Å²) in [6, 6.07) is 15.5. The van der Waals surface area contributed by atoms with E-state index < -0.39 is 0 Å². The van der Waals surface area contributed by atoms with Gasteiger partial charge in [0.05, 0.1) is 0 Å². The third-order valence-electron chi connectivity index (χ3n) is 4.40. The third-order valence-corrected chi connectivity index (χ3v) is 4.40. The van der Waals surface area contributed by atoms with Crippen LogP contribution in [0.5, 0.6) is 0 Å². The van der Waals surface area contributed by atoms with E-state index in [1.807, 2.05) is 11.0 Å². The number of carbonyl (C=O) groups is 2. The summed E-state index contributed by atoms with van der Waals surface area (Å²) in [6.45, 7) is 6.49. The third kappa shape index (κ3) is 4.53. The predicted molar refractivity (Wildman–Crippen MR) is 105 cm³/mol. The van der Waals surface area contributed by atoms with Crippen molar-refractivity contribution in [2.24, 2.45) is 0 Å². The maximum Gasteiger partial charge on any atom is 0.321 e. The van der Waals surface area contributed by atoms with Crippen molar-refractivity contribution in [3.63, 3.8) is 0 Å². The van der Waals surface area contributed by atoms with E-state index in [1.165, 1.54) is 18.2 Å². The molecule has 1 saturated heterocycles. The van der Waals surface area contributed by atoms with Gasteiger partial charge in [-0.25, -0.2) is 4.79 Å². The van der Waals surface area contributed by atoms with Crippen LogP contribution in [0.15, 0.2) is 48.5 Å². The van der Waals surface area contributed by atoms with E-state index in [4.69, 9.17) is 0 Å². The summed E-state index contributed by atoms with van der Waals surface area (Å²) in [5.41, 5.74) is 3.77. The summed E-state index contributed by atoms with van der Waals surface area (Å²) in [6.07, 6.45) is 0. The standard InChI is InChI=1S/C20H24N4O2/c1-15-6-8-19(9-7-15)23-10-12-24(13-11-23)20(26)22-18-5-3-4-17(14-18)21-16(2)25/h3-9,14H,10-13H2,1-2H3,(H,21,25)(H,22,26). The van der Waals surface area contributed by atoms with Gasteiger partial charge in [0.1, 0.15) is 0 Å². The number of hydrogen-bond acceptors (Lipinski definition) is 3. The number of rotatable bonds is 3. The highest BCUT2D eigenvalue weighted by Gasteiger charge is 2.21. The van der Waals surface area contributed by atoms with Gasteiger partial charge >= 0.3 is 6.03 Å². The van der Waals surface area contributed by atoms with Crippen molar-refractivity contribution in [1.82, 2.24) is 4.90 Å². The Kier molecular flexibility index (Phi) is 5.41. The fourth-order valence-electron chi connectivity index (χ4n) is 3.00. The predicted octanol–water partition coefficient (Wildman–Crippen LogP) is 3.31. The molecule has 0 spiro atoms. The lowest BCUT2D eigenvalue weighted by Crippen LogP contribution is -2.50. The largest absolute Gasteiger partial charge is 0.368 e. The molecular formula is C20H24N4O2. The van der Waals surface area contributed by atoms with E-state index in [-0.39, 0.29) is 11.9 Å². The molecule has 3 amide bonds. The molecule has 0 saturated carbocycles. The highest BCUT2D eigenvalue weighted by atomic mass is 16.2. The second-order valence-electron chi connectivity index (χ2n) is 6.50. The van der Waals surface area contributed by atoms with Gasteiger partial charge in [-0.15, -0.1) is 0 Å². The van der Waals surface area contributed by atoms with Crippen molar-refractivity contribution in [2.45, 2.75) is 13.8 Å². The summed E-state index contributed by atoms with van der Waals surface area (Å²) >= 11 is 0. The maximum absolute atomic E-state index is 12.5. The molecule has 1 aliphatic rings. The minimum atomic E-state index is -0.138. The molecule has 26 heavy (non-hydrogen) atoms. The fraction of sp³-hybridized carbons (Fsp3) is 0.300. The second kappa shape index (κ2) is 7.91. The smallest absolute Gasteiger partial charge is 0.321 e. The molecule has 6 nitrogen and oxygen atoms in total. The van der Waals surface area contributed by atoms with Crippen molar-refractivity contribution in [3.8, 4) is 0 Å². The number of piperazine rings is 1. The lowest BCUT2D eigenvalue weighted by atomic mass is 10.2. The van der Waals surface area contributed by atoms with Gasteiger partial charge in [-0.3, -0.25) is 4.79 Å². The summed E-state index contributed by atoms with van der Waals surface area (Å²) in [7, 11) is 0. The van der Waals surface area contributed by atoms with Crippen LogP contribution in [0.25, 0.3) is 0 Å². The van der Waals surface area contributed by atoms with Crippen molar-refractivity contribution in [3.05, 3.63) is 54.1 Å². The molecule has 6 heteroatoms. The van der Waals surface area contributed by atoms with Gasteiger partial charge < -0.3 is 20.4 Å². The van der Waals surface area contributed by atoms with Gasteiger partial charge in [-0.1, -0.05) is 23.8 Å². The number of urea groups is 1. The normalized spacial score (nSPS) is 14.1. The summed E-state index contributed by atoms with van der Waals surface area (Å²) in [5.74, 6) is -0.138. The van der Waals surface area contributed by atoms with Gasteiger partial charge in [0.15, 0.2) is 0 Å². The van der Waals surface area contributed by atoms with Crippen LogP contribution in [0.3, 0.4) is 0 Å². The number of hydrogen-bond donors (Lipinski definition) is 2. The lowest BCUT2D eigenvalue weighted by molar-refractivity contribution is -0.114. The van der Waals surface area contributed by atoms with Crippen LogP contribution in [-0.4, -0.2) is 43.0 Å². The van der Waals surface area contributed by atoms with Gasteiger partial charge in [0, 0.05) is 50.2 Å². The molecule has 1 heterocycles. The van der Waals surface area contributed by atoms with Crippen LogP contribution in [0.2, 0.25) is 0 Å². The molecule has 1 fully saturated rings. The summed E-state index contributed by atoms with van der Waals surface area (Å²) in [5, 5.41) is 5.62. The first kappa shape index (κ1) is 17.8. The Morgan fingerprint density at radius 3 is 2.12 bits per heavy atom. The highest BCUT2D eigenvalue weighted by Crippen LogP contribution is 2.19. The highest BCUT2D eigenvalue weighted by molar-refractivity contribution is 5.92. The Hall–Kier alpha value is -3.02. The average Bonchev–Trinajstić information content (AvgIpc) is 2.62. The molecule has 0 aromatic heterocycles. The topological polar surface area (TPSA) is 64.7 Å². The molecule has 1 aliphatic heterocycles. The maximum atomic E-state index is 12.5. The van der Waals surface area contributed by atoms with E-state index in [0.29, 0.717) is 24.5 Å². The Labute approximate surface area is 153 Å². The van der Waals surface area contributed by atoms with Gasteiger partial charge in [-0.2, -0.15) is 0 Å². The van der Waals surface area contributed by atoms with E-state index in [0.717, 1.165) is 13.1 Å². The van der Waals surface area contributed by atoms with Crippen molar-refractivity contribution >= 4 is 29.0 Å². The van der Waals surface area contributed by atoms with Crippen LogP contribution >= 0.6 is 0 Å². The van der Waals surface area contributed by atoms with Gasteiger partial charge in [0.25, 0.3) is 0 Å². The molecule has 0 bridgehead atoms. The molecule has 0 atom stereocenters. The van der Waals surface area contributed by atoms with Crippen LogP contribution in [-0.2, 0) is 4.79 Å². The molecule has 0 unspecified atom stereocenters. The van der Waals surface area contributed by atoms with Crippen molar-refractivity contribution in [2.75, 3.05) is 41.7 Å². The lowest BCUT2D eigenvalue weighted by Gasteiger charge is -2.36. The molecule has 0 aliphatic carbocycles. The molecular weight excluding hydrogens is 328 g/mol. The summed E-state index contributed by atoms with van der Waals surface area (Å²) in [4.78, 5) is 27.8. The fourth-order valence-corrected chi connectivity index (χ4v) is 3.00. The number of amides is 3.